The minimum atomic E-state index is 0.187. The number of aliphatic hydroxyl groups excluding tert-OH is 1. The molecule has 0 radical (unpaired) electrons. The molecule has 3 rings (SSSR count). The van der Waals surface area contributed by atoms with Gasteiger partial charge in [0.2, 0.25) is 0 Å². The van der Waals surface area contributed by atoms with Gasteiger partial charge in [0.15, 0.2) is 0 Å². The van der Waals surface area contributed by atoms with E-state index in [2.05, 4.69) is 23.2 Å². The third-order valence-corrected chi connectivity index (χ3v) is 4.04. The zero-order valence-corrected chi connectivity index (χ0v) is 11.1. The number of anilines is 1. The van der Waals surface area contributed by atoms with Gasteiger partial charge in [-0.2, -0.15) is 0 Å². The molecule has 0 amide bonds. The lowest BCUT2D eigenvalue weighted by Gasteiger charge is -2.12. The first-order valence-corrected chi connectivity index (χ1v) is 6.73. The highest BCUT2D eigenvalue weighted by atomic mass is 16.3. The van der Waals surface area contributed by atoms with Crippen molar-refractivity contribution in [1.29, 1.82) is 5.41 Å². The Balaban J connectivity index is 2.13. The number of pyridine rings is 1. The van der Waals surface area contributed by atoms with Crippen molar-refractivity contribution in [2.45, 2.75) is 18.8 Å². The summed E-state index contributed by atoms with van der Waals surface area (Å²) in [5.74, 6) is 0.601. The highest BCUT2D eigenvalue weighted by molar-refractivity contribution is 5.93. The number of hydrogen-bond donors (Lipinski definition) is 3. The van der Waals surface area contributed by atoms with Gasteiger partial charge in [-0.3, -0.25) is 0 Å². The van der Waals surface area contributed by atoms with Crippen LogP contribution in [0.3, 0.4) is 0 Å². The van der Waals surface area contributed by atoms with Crippen molar-refractivity contribution in [2.24, 2.45) is 0 Å². The van der Waals surface area contributed by atoms with Gasteiger partial charge in [-0.1, -0.05) is 18.2 Å². The SMILES string of the molecule is N=Cc1c(-c2ccc3c(c2)C(CO)CC3)ccnc1N. The maximum Gasteiger partial charge on any atom is 0.132 e. The van der Waals surface area contributed by atoms with Crippen molar-refractivity contribution in [3.8, 4) is 11.1 Å². The average Bonchev–Trinajstić information content (AvgIpc) is 2.89. The second-order valence-corrected chi connectivity index (χ2v) is 5.13. The summed E-state index contributed by atoms with van der Waals surface area (Å²) in [6, 6.07) is 8.16. The second-order valence-electron chi connectivity index (χ2n) is 5.13. The summed E-state index contributed by atoms with van der Waals surface area (Å²) in [5, 5.41) is 17.0. The molecule has 2 aromatic rings. The van der Waals surface area contributed by atoms with Gasteiger partial charge in [-0.25, -0.2) is 4.98 Å². The summed E-state index contributed by atoms with van der Waals surface area (Å²) in [4.78, 5) is 4.03. The maximum atomic E-state index is 9.45. The zero-order chi connectivity index (χ0) is 14.1. The number of aliphatic hydroxyl groups is 1. The molecule has 1 aromatic heterocycles. The Labute approximate surface area is 117 Å². The maximum absolute atomic E-state index is 9.45. The first-order chi connectivity index (χ1) is 9.74. The van der Waals surface area contributed by atoms with Crippen molar-refractivity contribution < 1.29 is 5.11 Å². The number of rotatable bonds is 3. The van der Waals surface area contributed by atoms with E-state index in [-0.39, 0.29) is 12.5 Å². The predicted molar refractivity (Wildman–Crippen MR) is 80.1 cm³/mol. The molecular weight excluding hydrogens is 250 g/mol. The standard InChI is InChI=1S/C16H17N3O/c17-8-15-13(5-6-19-16(15)18)11-3-1-10-2-4-12(9-20)14(10)7-11/h1,3,5-8,12,17,20H,2,4,9H2,(H2,18,19). The van der Waals surface area contributed by atoms with E-state index in [0.717, 1.165) is 24.0 Å². The van der Waals surface area contributed by atoms with Crippen molar-refractivity contribution in [3.05, 3.63) is 47.2 Å². The van der Waals surface area contributed by atoms with Crippen LogP contribution >= 0.6 is 0 Å². The van der Waals surface area contributed by atoms with E-state index in [9.17, 15) is 5.11 Å². The lowest BCUT2D eigenvalue weighted by molar-refractivity contribution is 0.265. The fraction of sp³-hybridized carbons (Fsp3) is 0.250. The van der Waals surface area contributed by atoms with Gasteiger partial charge in [-0.05, 0) is 41.2 Å². The normalized spacial score (nSPS) is 16.9. The number of hydrogen-bond acceptors (Lipinski definition) is 4. The summed E-state index contributed by atoms with van der Waals surface area (Å²) in [6.45, 7) is 0.187. The van der Waals surface area contributed by atoms with Crippen LogP contribution in [0.1, 0.15) is 29.0 Å². The largest absolute Gasteiger partial charge is 0.396 e. The van der Waals surface area contributed by atoms with Gasteiger partial charge < -0.3 is 16.2 Å². The van der Waals surface area contributed by atoms with Crippen LogP contribution in [-0.2, 0) is 6.42 Å². The van der Waals surface area contributed by atoms with Gasteiger partial charge in [0, 0.05) is 30.5 Å². The molecule has 4 heteroatoms. The van der Waals surface area contributed by atoms with Crippen LogP contribution in [0.2, 0.25) is 0 Å². The molecule has 0 spiro atoms. The molecule has 20 heavy (non-hydrogen) atoms. The van der Waals surface area contributed by atoms with E-state index < -0.39 is 0 Å². The van der Waals surface area contributed by atoms with Crippen LogP contribution < -0.4 is 5.73 Å². The molecule has 0 saturated carbocycles. The van der Waals surface area contributed by atoms with Crippen LogP contribution in [0.4, 0.5) is 5.82 Å². The lowest BCUT2D eigenvalue weighted by atomic mass is 9.95. The van der Waals surface area contributed by atoms with Crippen molar-refractivity contribution >= 4 is 12.0 Å². The van der Waals surface area contributed by atoms with Gasteiger partial charge in [-0.15, -0.1) is 0 Å². The van der Waals surface area contributed by atoms with Crippen LogP contribution in [0.25, 0.3) is 11.1 Å². The van der Waals surface area contributed by atoms with E-state index in [1.54, 1.807) is 6.20 Å². The van der Waals surface area contributed by atoms with Crippen LogP contribution in [0, 0.1) is 5.41 Å². The van der Waals surface area contributed by atoms with Gasteiger partial charge in [0.25, 0.3) is 0 Å². The van der Waals surface area contributed by atoms with E-state index in [0.29, 0.717) is 11.4 Å². The number of aromatic nitrogens is 1. The summed E-state index contributed by atoms with van der Waals surface area (Å²) >= 11 is 0. The summed E-state index contributed by atoms with van der Waals surface area (Å²) in [5.41, 5.74) is 10.9. The molecule has 4 nitrogen and oxygen atoms in total. The van der Waals surface area contributed by atoms with Gasteiger partial charge in [0.05, 0.1) is 0 Å². The number of nitrogens with one attached hydrogen (secondary N) is 1. The van der Waals surface area contributed by atoms with Gasteiger partial charge >= 0.3 is 0 Å². The molecule has 0 fully saturated rings. The minimum absolute atomic E-state index is 0.187. The fourth-order valence-electron chi connectivity index (χ4n) is 2.94. The third kappa shape index (κ3) is 1.98. The molecule has 1 atom stereocenters. The Morgan fingerprint density at radius 2 is 2.25 bits per heavy atom. The number of aryl methyl sites for hydroxylation is 1. The van der Waals surface area contributed by atoms with E-state index in [1.807, 2.05) is 6.07 Å². The first-order valence-electron chi connectivity index (χ1n) is 6.73. The number of fused-ring (bicyclic) bond motifs is 1. The molecular formula is C16H17N3O. The smallest absolute Gasteiger partial charge is 0.132 e. The highest BCUT2D eigenvalue weighted by Gasteiger charge is 2.22. The Morgan fingerprint density at radius 3 is 3.00 bits per heavy atom. The Kier molecular flexibility index (Phi) is 3.24. The Bertz CT molecular complexity index is 667. The molecule has 0 saturated heterocycles. The predicted octanol–water partition coefficient (Wildman–Crippen LogP) is 2.35. The van der Waals surface area contributed by atoms with Crippen LogP contribution in [-0.4, -0.2) is 22.9 Å². The Hall–Kier alpha value is -2.20. The Morgan fingerprint density at radius 1 is 1.40 bits per heavy atom. The zero-order valence-electron chi connectivity index (χ0n) is 11.1. The topological polar surface area (TPSA) is 83.0 Å². The highest BCUT2D eigenvalue weighted by Crippen LogP contribution is 2.36. The second kappa shape index (κ2) is 5.06. The molecule has 1 aliphatic rings. The van der Waals surface area contributed by atoms with Crippen molar-refractivity contribution in [1.82, 2.24) is 4.98 Å². The van der Waals surface area contributed by atoms with Gasteiger partial charge in [0.1, 0.15) is 5.82 Å². The van der Waals surface area contributed by atoms with Crippen molar-refractivity contribution in [2.75, 3.05) is 12.3 Å². The summed E-state index contributed by atoms with van der Waals surface area (Å²) in [7, 11) is 0. The van der Waals surface area contributed by atoms with E-state index in [4.69, 9.17) is 11.1 Å². The number of nitrogens with two attached hydrogens (primary N) is 1. The molecule has 102 valence electrons. The van der Waals surface area contributed by atoms with Crippen LogP contribution in [0.15, 0.2) is 30.5 Å². The first kappa shape index (κ1) is 12.8. The monoisotopic (exact) mass is 267 g/mol. The number of nitrogens with zero attached hydrogens (tertiary/aromatic N) is 1. The van der Waals surface area contributed by atoms with Crippen molar-refractivity contribution in [3.63, 3.8) is 0 Å². The number of benzene rings is 1. The summed E-state index contributed by atoms with van der Waals surface area (Å²) in [6.07, 6.45) is 4.94. The molecule has 0 bridgehead atoms. The van der Waals surface area contributed by atoms with Crippen LogP contribution in [0.5, 0.6) is 0 Å². The minimum Gasteiger partial charge on any atom is -0.396 e. The molecule has 0 aliphatic heterocycles. The molecule has 1 aromatic carbocycles. The molecule has 1 aliphatic carbocycles. The van der Waals surface area contributed by atoms with E-state index in [1.165, 1.54) is 17.3 Å². The molecule has 1 heterocycles. The lowest BCUT2D eigenvalue weighted by Crippen LogP contribution is -2.01. The van der Waals surface area contributed by atoms with E-state index >= 15 is 0 Å². The third-order valence-electron chi connectivity index (χ3n) is 4.04. The fourth-order valence-corrected chi connectivity index (χ4v) is 2.94. The molecule has 4 N–H and O–H groups in total. The molecule has 1 unspecified atom stereocenters. The quantitative estimate of drug-likeness (QED) is 0.746. The summed E-state index contributed by atoms with van der Waals surface area (Å²) < 4.78 is 0. The average molecular weight is 267 g/mol. The number of nitrogen functional groups attached to an aromatic ring is 1.